The van der Waals surface area contributed by atoms with Gasteiger partial charge in [0, 0.05) is 10.6 Å². The van der Waals surface area contributed by atoms with Crippen LogP contribution in [0.1, 0.15) is 11.6 Å². The standard InChI is InChI=1S/C8H8ClF2N/c9-5-1-2-7(11)6(3-5)8(12)4-10/h1-3,8H,4,12H2/t8-/m0/s1. The SMILES string of the molecule is N[C@@H](CF)c1cc(Cl)ccc1F. The van der Waals surface area contributed by atoms with Gasteiger partial charge in [-0.05, 0) is 18.2 Å². The van der Waals surface area contributed by atoms with Gasteiger partial charge < -0.3 is 5.73 Å². The summed E-state index contributed by atoms with van der Waals surface area (Å²) in [6.45, 7) is -0.794. The summed E-state index contributed by atoms with van der Waals surface area (Å²) in [5, 5.41) is 0.357. The molecular formula is C8H8ClF2N. The second-order valence-corrected chi connectivity index (χ2v) is 2.86. The van der Waals surface area contributed by atoms with E-state index >= 15 is 0 Å². The highest BCUT2D eigenvalue weighted by Gasteiger charge is 2.10. The topological polar surface area (TPSA) is 26.0 Å². The molecule has 0 bridgehead atoms. The molecule has 0 aromatic heterocycles. The van der Waals surface area contributed by atoms with Crippen molar-refractivity contribution in [3.8, 4) is 0 Å². The molecule has 0 fully saturated rings. The number of benzene rings is 1. The largest absolute Gasteiger partial charge is 0.322 e. The van der Waals surface area contributed by atoms with E-state index in [1.54, 1.807) is 0 Å². The molecule has 66 valence electrons. The number of alkyl halides is 1. The highest BCUT2D eigenvalue weighted by Crippen LogP contribution is 2.19. The van der Waals surface area contributed by atoms with Crippen LogP contribution in [0.3, 0.4) is 0 Å². The highest BCUT2D eigenvalue weighted by atomic mass is 35.5. The first-order chi connectivity index (χ1) is 5.65. The molecule has 0 aliphatic carbocycles. The minimum atomic E-state index is -0.927. The minimum absolute atomic E-state index is 0.116. The third-order valence-electron chi connectivity index (χ3n) is 1.52. The fourth-order valence-corrected chi connectivity index (χ4v) is 1.06. The second kappa shape index (κ2) is 3.83. The molecule has 2 N–H and O–H groups in total. The molecule has 1 aromatic carbocycles. The fraction of sp³-hybridized carbons (Fsp3) is 0.250. The van der Waals surface area contributed by atoms with Crippen molar-refractivity contribution >= 4 is 11.6 Å². The molecular weight excluding hydrogens is 184 g/mol. The van der Waals surface area contributed by atoms with Gasteiger partial charge in [-0.1, -0.05) is 11.6 Å². The van der Waals surface area contributed by atoms with Crippen LogP contribution in [0.2, 0.25) is 5.02 Å². The molecule has 0 aliphatic heterocycles. The zero-order valence-electron chi connectivity index (χ0n) is 6.23. The molecule has 0 aliphatic rings. The van der Waals surface area contributed by atoms with Crippen LogP contribution in [0, 0.1) is 5.82 Å². The van der Waals surface area contributed by atoms with Crippen molar-refractivity contribution in [1.82, 2.24) is 0 Å². The molecule has 1 nitrogen and oxygen atoms in total. The van der Waals surface area contributed by atoms with Gasteiger partial charge in [0.25, 0.3) is 0 Å². The lowest BCUT2D eigenvalue weighted by Gasteiger charge is -2.08. The van der Waals surface area contributed by atoms with Crippen molar-refractivity contribution in [1.29, 1.82) is 0 Å². The Hall–Kier alpha value is -0.670. The maximum Gasteiger partial charge on any atom is 0.128 e. The van der Waals surface area contributed by atoms with Crippen molar-refractivity contribution in [2.45, 2.75) is 6.04 Å². The summed E-state index contributed by atoms with van der Waals surface area (Å²) in [4.78, 5) is 0. The molecule has 0 unspecified atom stereocenters. The van der Waals surface area contributed by atoms with Crippen LogP contribution in [0.15, 0.2) is 18.2 Å². The quantitative estimate of drug-likeness (QED) is 0.764. The molecule has 4 heteroatoms. The maximum absolute atomic E-state index is 12.9. The van der Waals surface area contributed by atoms with E-state index in [2.05, 4.69) is 0 Å². The number of rotatable bonds is 2. The molecule has 1 atom stereocenters. The number of hydrogen-bond donors (Lipinski definition) is 1. The Labute approximate surface area is 74.1 Å². The molecule has 0 saturated heterocycles. The van der Waals surface area contributed by atoms with Gasteiger partial charge in [0.1, 0.15) is 12.5 Å². The van der Waals surface area contributed by atoms with Crippen molar-refractivity contribution in [3.05, 3.63) is 34.6 Å². The first kappa shape index (κ1) is 9.42. The summed E-state index contributed by atoms with van der Waals surface area (Å²) < 4.78 is 25.0. The maximum atomic E-state index is 12.9. The van der Waals surface area contributed by atoms with Gasteiger partial charge >= 0.3 is 0 Å². The molecule has 0 spiro atoms. The lowest BCUT2D eigenvalue weighted by Crippen LogP contribution is -2.13. The van der Waals surface area contributed by atoms with E-state index in [4.69, 9.17) is 17.3 Å². The van der Waals surface area contributed by atoms with E-state index < -0.39 is 18.5 Å². The zero-order chi connectivity index (χ0) is 9.14. The van der Waals surface area contributed by atoms with E-state index in [-0.39, 0.29) is 5.56 Å². The van der Waals surface area contributed by atoms with Gasteiger partial charge in [0.05, 0.1) is 6.04 Å². The molecule has 0 amide bonds. The summed E-state index contributed by atoms with van der Waals surface area (Å²) in [5.41, 5.74) is 5.41. The van der Waals surface area contributed by atoms with Crippen LogP contribution in [0.4, 0.5) is 8.78 Å². The van der Waals surface area contributed by atoms with Crippen LogP contribution in [0.25, 0.3) is 0 Å². The van der Waals surface area contributed by atoms with Crippen molar-refractivity contribution in [2.75, 3.05) is 6.67 Å². The molecule has 0 heterocycles. The molecule has 0 saturated carbocycles. The normalized spacial score (nSPS) is 13.0. The lowest BCUT2D eigenvalue weighted by molar-refractivity contribution is 0.427. The monoisotopic (exact) mass is 191 g/mol. The Kier molecular flexibility index (Phi) is 3.00. The van der Waals surface area contributed by atoms with Crippen molar-refractivity contribution < 1.29 is 8.78 Å². The molecule has 0 radical (unpaired) electrons. The summed E-state index contributed by atoms with van der Waals surface area (Å²) in [5.74, 6) is -0.524. The average molecular weight is 192 g/mol. The smallest absolute Gasteiger partial charge is 0.128 e. The van der Waals surface area contributed by atoms with E-state index in [1.165, 1.54) is 18.2 Å². The summed E-state index contributed by atoms with van der Waals surface area (Å²) >= 11 is 5.57. The van der Waals surface area contributed by atoms with Crippen LogP contribution in [0.5, 0.6) is 0 Å². The van der Waals surface area contributed by atoms with Gasteiger partial charge in [-0.2, -0.15) is 0 Å². The molecule has 1 aromatic rings. The van der Waals surface area contributed by atoms with Gasteiger partial charge in [-0.25, -0.2) is 8.78 Å². The Morgan fingerprint density at radius 3 is 2.75 bits per heavy atom. The predicted molar refractivity (Wildman–Crippen MR) is 44.3 cm³/mol. The first-order valence-corrected chi connectivity index (χ1v) is 3.79. The van der Waals surface area contributed by atoms with E-state index in [1.807, 2.05) is 0 Å². The van der Waals surface area contributed by atoms with E-state index in [0.717, 1.165) is 0 Å². The van der Waals surface area contributed by atoms with Crippen LogP contribution in [-0.2, 0) is 0 Å². The number of nitrogens with two attached hydrogens (primary N) is 1. The Morgan fingerprint density at radius 1 is 1.50 bits per heavy atom. The van der Waals surface area contributed by atoms with E-state index in [0.29, 0.717) is 5.02 Å². The summed E-state index contributed by atoms with van der Waals surface area (Å²) in [6, 6.07) is 2.98. The minimum Gasteiger partial charge on any atom is -0.322 e. The number of halogens is 3. The highest BCUT2D eigenvalue weighted by molar-refractivity contribution is 6.30. The van der Waals surface area contributed by atoms with Crippen LogP contribution < -0.4 is 5.73 Å². The second-order valence-electron chi connectivity index (χ2n) is 2.43. The van der Waals surface area contributed by atoms with Gasteiger partial charge in [-0.3, -0.25) is 0 Å². The lowest BCUT2D eigenvalue weighted by atomic mass is 10.1. The van der Waals surface area contributed by atoms with Gasteiger partial charge in [0.15, 0.2) is 0 Å². The van der Waals surface area contributed by atoms with Crippen LogP contribution >= 0.6 is 11.6 Å². The van der Waals surface area contributed by atoms with Crippen LogP contribution in [-0.4, -0.2) is 6.67 Å². The fourth-order valence-electron chi connectivity index (χ4n) is 0.882. The van der Waals surface area contributed by atoms with Crippen molar-refractivity contribution in [2.24, 2.45) is 5.73 Å². The third kappa shape index (κ3) is 1.93. The summed E-state index contributed by atoms with van der Waals surface area (Å²) in [7, 11) is 0. The van der Waals surface area contributed by atoms with Gasteiger partial charge in [-0.15, -0.1) is 0 Å². The van der Waals surface area contributed by atoms with Gasteiger partial charge in [0.2, 0.25) is 0 Å². The third-order valence-corrected chi connectivity index (χ3v) is 1.76. The molecule has 12 heavy (non-hydrogen) atoms. The first-order valence-electron chi connectivity index (χ1n) is 3.41. The Morgan fingerprint density at radius 2 is 2.17 bits per heavy atom. The number of hydrogen-bond acceptors (Lipinski definition) is 1. The predicted octanol–water partition coefficient (Wildman–Crippen LogP) is 2.45. The Bertz CT molecular complexity index is 278. The Balaban J connectivity index is 3.04. The average Bonchev–Trinajstić information content (AvgIpc) is 2.08. The van der Waals surface area contributed by atoms with Crippen molar-refractivity contribution in [3.63, 3.8) is 0 Å². The zero-order valence-corrected chi connectivity index (χ0v) is 6.98. The molecule has 1 rings (SSSR count). The van der Waals surface area contributed by atoms with E-state index in [9.17, 15) is 8.78 Å². The summed E-state index contributed by atoms with van der Waals surface area (Å²) in [6.07, 6.45) is 0.